The molecule has 7 heteroatoms. The second kappa shape index (κ2) is 9.99. The number of carbonyl (C=O) groups is 3. The molecule has 0 saturated carbocycles. The van der Waals surface area contributed by atoms with Gasteiger partial charge < -0.3 is 20.3 Å². The van der Waals surface area contributed by atoms with Crippen LogP contribution in [0.2, 0.25) is 0 Å². The molecule has 1 atom stereocenters. The van der Waals surface area contributed by atoms with E-state index in [1.165, 1.54) is 0 Å². The average molecular weight is 444 g/mol. The number of ether oxygens (including phenoxy) is 1. The Bertz CT molecular complexity index is 1150. The third-order valence-electron chi connectivity index (χ3n) is 5.41. The summed E-state index contributed by atoms with van der Waals surface area (Å²) in [6.07, 6.45) is 0.167. The molecule has 0 aliphatic carbocycles. The quantitative estimate of drug-likeness (QED) is 0.569. The molecule has 3 amide bonds. The highest BCUT2D eigenvalue weighted by atomic mass is 16.5. The van der Waals surface area contributed by atoms with Gasteiger partial charge in [-0.05, 0) is 55.5 Å². The molecule has 0 bridgehead atoms. The van der Waals surface area contributed by atoms with E-state index in [0.29, 0.717) is 35.8 Å². The van der Waals surface area contributed by atoms with Crippen molar-refractivity contribution in [3.63, 3.8) is 0 Å². The number of anilines is 3. The SMILES string of the molecule is CCOc1ccccc1NC(=O)c1ccc(NC(=O)C2CC(=O)N(c3ccccc3)C2)cc1. The summed E-state index contributed by atoms with van der Waals surface area (Å²) < 4.78 is 5.54. The van der Waals surface area contributed by atoms with Crippen molar-refractivity contribution >= 4 is 34.8 Å². The molecule has 1 aliphatic heterocycles. The van der Waals surface area contributed by atoms with Gasteiger partial charge in [-0.1, -0.05) is 30.3 Å². The third-order valence-corrected chi connectivity index (χ3v) is 5.41. The number of para-hydroxylation sites is 3. The lowest BCUT2D eigenvalue weighted by atomic mass is 10.1. The zero-order valence-corrected chi connectivity index (χ0v) is 18.3. The fourth-order valence-electron chi connectivity index (χ4n) is 3.74. The molecular formula is C26H25N3O4. The number of benzene rings is 3. The smallest absolute Gasteiger partial charge is 0.255 e. The van der Waals surface area contributed by atoms with Crippen molar-refractivity contribution in [1.82, 2.24) is 0 Å². The lowest BCUT2D eigenvalue weighted by molar-refractivity contribution is -0.122. The predicted octanol–water partition coefficient (Wildman–Crippen LogP) is 4.33. The fourth-order valence-corrected chi connectivity index (χ4v) is 3.74. The number of hydrogen-bond acceptors (Lipinski definition) is 4. The van der Waals surface area contributed by atoms with E-state index in [-0.39, 0.29) is 24.1 Å². The lowest BCUT2D eigenvalue weighted by Crippen LogP contribution is -2.28. The van der Waals surface area contributed by atoms with E-state index in [1.54, 1.807) is 41.3 Å². The summed E-state index contributed by atoms with van der Waals surface area (Å²) in [7, 11) is 0. The second-order valence-electron chi connectivity index (χ2n) is 7.69. The summed E-state index contributed by atoms with van der Waals surface area (Å²) in [6.45, 7) is 2.72. The first-order chi connectivity index (χ1) is 16.0. The van der Waals surface area contributed by atoms with Gasteiger partial charge in [0, 0.05) is 29.9 Å². The van der Waals surface area contributed by atoms with Gasteiger partial charge in [0.2, 0.25) is 11.8 Å². The fraction of sp³-hybridized carbons (Fsp3) is 0.192. The van der Waals surface area contributed by atoms with Gasteiger partial charge >= 0.3 is 0 Å². The minimum Gasteiger partial charge on any atom is -0.492 e. The Morgan fingerprint density at radius 1 is 0.939 bits per heavy atom. The molecule has 1 aliphatic rings. The van der Waals surface area contributed by atoms with Gasteiger partial charge in [0.15, 0.2) is 0 Å². The van der Waals surface area contributed by atoms with Crippen molar-refractivity contribution in [2.24, 2.45) is 5.92 Å². The molecule has 4 rings (SSSR count). The Labute approximate surface area is 192 Å². The van der Waals surface area contributed by atoms with Crippen LogP contribution in [0, 0.1) is 5.92 Å². The van der Waals surface area contributed by atoms with E-state index in [2.05, 4.69) is 10.6 Å². The molecule has 1 heterocycles. The monoisotopic (exact) mass is 443 g/mol. The minimum atomic E-state index is -0.434. The molecule has 0 aromatic heterocycles. The molecule has 3 aromatic rings. The van der Waals surface area contributed by atoms with Crippen molar-refractivity contribution in [2.45, 2.75) is 13.3 Å². The van der Waals surface area contributed by atoms with Crippen LogP contribution in [0.5, 0.6) is 5.75 Å². The summed E-state index contributed by atoms with van der Waals surface area (Å²) in [6, 6.07) is 23.2. The van der Waals surface area contributed by atoms with Crippen LogP contribution in [-0.4, -0.2) is 30.9 Å². The molecule has 1 fully saturated rings. The highest BCUT2D eigenvalue weighted by Crippen LogP contribution is 2.27. The van der Waals surface area contributed by atoms with E-state index in [9.17, 15) is 14.4 Å². The van der Waals surface area contributed by atoms with Gasteiger partial charge in [-0.3, -0.25) is 14.4 Å². The predicted molar refractivity (Wildman–Crippen MR) is 128 cm³/mol. The van der Waals surface area contributed by atoms with Crippen molar-refractivity contribution in [2.75, 3.05) is 28.7 Å². The highest BCUT2D eigenvalue weighted by molar-refractivity contribution is 6.06. The van der Waals surface area contributed by atoms with Crippen LogP contribution in [0.15, 0.2) is 78.9 Å². The molecule has 0 radical (unpaired) electrons. The Morgan fingerprint density at radius 3 is 2.36 bits per heavy atom. The molecule has 7 nitrogen and oxygen atoms in total. The van der Waals surface area contributed by atoms with Crippen LogP contribution in [0.4, 0.5) is 17.1 Å². The van der Waals surface area contributed by atoms with Gasteiger partial charge in [0.05, 0.1) is 18.2 Å². The standard InChI is InChI=1S/C26H25N3O4/c1-2-33-23-11-7-6-10-22(23)28-25(31)18-12-14-20(15-13-18)27-26(32)19-16-24(30)29(17-19)21-8-4-3-5-9-21/h3-15,19H,2,16-17H2,1H3,(H,27,32)(H,28,31). The van der Waals surface area contributed by atoms with Gasteiger partial charge in [-0.2, -0.15) is 0 Å². The van der Waals surface area contributed by atoms with Crippen molar-refractivity contribution in [3.05, 3.63) is 84.4 Å². The molecule has 0 spiro atoms. The van der Waals surface area contributed by atoms with Crippen molar-refractivity contribution in [3.8, 4) is 5.75 Å². The van der Waals surface area contributed by atoms with E-state index in [4.69, 9.17) is 4.74 Å². The van der Waals surface area contributed by atoms with Gasteiger partial charge in [0.1, 0.15) is 5.75 Å². The maximum absolute atomic E-state index is 12.7. The molecule has 1 unspecified atom stereocenters. The van der Waals surface area contributed by atoms with E-state index >= 15 is 0 Å². The molecule has 3 aromatic carbocycles. The second-order valence-corrected chi connectivity index (χ2v) is 7.69. The topological polar surface area (TPSA) is 87.7 Å². The zero-order chi connectivity index (χ0) is 23.2. The number of nitrogens with one attached hydrogen (secondary N) is 2. The molecule has 1 saturated heterocycles. The summed E-state index contributed by atoms with van der Waals surface area (Å²) in [5.74, 6) is -0.395. The molecule has 2 N–H and O–H groups in total. The highest BCUT2D eigenvalue weighted by Gasteiger charge is 2.35. The molecule has 33 heavy (non-hydrogen) atoms. The zero-order valence-electron chi connectivity index (χ0n) is 18.3. The van der Waals surface area contributed by atoms with Crippen LogP contribution >= 0.6 is 0 Å². The largest absolute Gasteiger partial charge is 0.492 e. The Balaban J connectivity index is 1.36. The maximum Gasteiger partial charge on any atom is 0.255 e. The van der Waals surface area contributed by atoms with Gasteiger partial charge in [-0.15, -0.1) is 0 Å². The Hall–Kier alpha value is -4.13. The van der Waals surface area contributed by atoms with Gasteiger partial charge in [-0.25, -0.2) is 0 Å². The minimum absolute atomic E-state index is 0.0688. The third kappa shape index (κ3) is 5.20. The first kappa shape index (κ1) is 22.1. The Kier molecular flexibility index (Phi) is 6.69. The number of rotatable bonds is 7. The number of nitrogens with zero attached hydrogens (tertiary/aromatic N) is 1. The van der Waals surface area contributed by atoms with Crippen LogP contribution in [-0.2, 0) is 9.59 Å². The number of amides is 3. The van der Waals surface area contributed by atoms with Gasteiger partial charge in [0.25, 0.3) is 5.91 Å². The van der Waals surface area contributed by atoms with Crippen LogP contribution in [0.1, 0.15) is 23.7 Å². The number of carbonyl (C=O) groups excluding carboxylic acids is 3. The Morgan fingerprint density at radius 2 is 1.64 bits per heavy atom. The lowest BCUT2D eigenvalue weighted by Gasteiger charge is -2.16. The van der Waals surface area contributed by atoms with E-state index < -0.39 is 5.92 Å². The van der Waals surface area contributed by atoms with E-state index in [1.807, 2.05) is 49.4 Å². The summed E-state index contributed by atoms with van der Waals surface area (Å²) >= 11 is 0. The summed E-state index contributed by atoms with van der Waals surface area (Å²) in [5, 5.41) is 5.70. The van der Waals surface area contributed by atoms with Crippen LogP contribution in [0.3, 0.4) is 0 Å². The van der Waals surface area contributed by atoms with E-state index in [0.717, 1.165) is 5.69 Å². The summed E-state index contributed by atoms with van der Waals surface area (Å²) in [4.78, 5) is 39.3. The maximum atomic E-state index is 12.7. The molecule has 168 valence electrons. The number of hydrogen-bond donors (Lipinski definition) is 2. The normalized spacial score (nSPS) is 15.2. The molecular weight excluding hydrogens is 418 g/mol. The first-order valence-corrected chi connectivity index (χ1v) is 10.8. The average Bonchev–Trinajstić information content (AvgIpc) is 3.23. The van der Waals surface area contributed by atoms with Crippen LogP contribution < -0.4 is 20.3 Å². The first-order valence-electron chi connectivity index (χ1n) is 10.8. The van der Waals surface area contributed by atoms with Crippen molar-refractivity contribution < 1.29 is 19.1 Å². The van der Waals surface area contributed by atoms with Crippen molar-refractivity contribution in [1.29, 1.82) is 0 Å². The summed E-state index contributed by atoms with van der Waals surface area (Å²) in [5.41, 5.74) is 2.40. The van der Waals surface area contributed by atoms with Crippen LogP contribution in [0.25, 0.3) is 0 Å².